The molecule has 0 bridgehead atoms. The Labute approximate surface area is 95.0 Å². The minimum atomic E-state index is 0.261. The number of nitrogens with one attached hydrogen (secondary N) is 2. The zero-order chi connectivity index (χ0) is 11.0. The highest BCUT2D eigenvalue weighted by Gasteiger charge is 2.31. The topological polar surface area (TPSA) is 50.1 Å². The molecule has 0 amide bonds. The Morgan fingerprint density at radius 1 is 1.27 bits per heavy atom. The summed E-state index contributed by atoms with van der Waals surface area (Å²) in [6.07, 6.45) is 0. The lowest BCUT2D eigenvalue weighted by Crippen LogP contribution is -2.29. The van der Waals surface area contributed by atoms with Crippen LogP contribution in [0.1, 0.15) is 25.5 Å². The Kier molecular flexibility index (Phi) is 2.87. The van der Waals surface area contributed by atoms with Gasteiger partial charge in [0, 0.05) is 16.8 Å². The van der Waals surface area contributed by atoms with Crippen molar-refractivity contribution in [3.63, 3.8) is 0 Å². The Hall–Kier alpha value is -0.770. The van der Waals surface area contributed by atoms with Crippen molar-refractivity contribution in [2.24, 2.45) is 5.92 Å². The maximum Gasteiger partial charge on any atom is 0.0523 e. The van der Waals surface area contributed by atoms with Crippen molar-refractivity contribution in [1.82, 2.24) is 10.9 Å². The number of hydrogen-bond donors (Lipinski definition) is 3. The van der Waals surface area contributed by atoms with Gasteiger partial charge in [-0.2, -0.15) is 0 Å². The third-order valence-corrected chi connectivity index (χ3v) is 3.40. The Bertz CT molecular complexity index is 367. The van der Waals surface area contributed by atoms with Gasteiger partial charge in [-0.05, 0) is 30.5 Å². The number of nitrogen functional groups attached to an aromatic ring is 1. The largest absolute Gasteiger partial charge is 0.398 e. The Balaban J connectivity index is 2.30. The lowest BCUT2D eigenvalue weighted by molar-refractivity contribution is 0.476. The third kappa shape index (κ3) is 1.95. The zero-order valence-electron chi connectivity index (χ0n) is 8.92. The van der Waals surface area contributed by atoms with E-state index in [-0.39, 0.29) is 6.04 Å². The summed E-state index contributed by atoms with van der Waals surface area (Å²) in [4.78, 5) is 0. The first-order valence-corrected chi connectivity index (χ1v) is 5.53. The quantitative estimate of drug-likeness (QED) is 0.642. The van der Waals surface area contributed by atoms with Gasteiger partial charge < -0.3 is 5.73 Å². The van der Waals surface area contributed by atoms with Gasteiger partial charge in [0.15, 0.2) is 0 Å². The van der Waals surface area contributed by atoms with Crippen LogP contribution in [0.3, 0.4) is 0 Å². The number of hydrazine groups is 1. The molecule has 0 radical (unpaired) electrons. The molecule has 0 spiro atoms. The number of benzene rings is 1. The minimum Gasteiger partial charge on any atom is -0.398 e. The summed E-state index contributed by atoms with van der Waals surface area (Å²) in [5, 5.41) is 0.683. The maximum atomic E-state index is 5.96. The highest BCUT2D eigenvalue weighted by molar-refractivity contribution is 6.30. The first-order valence-electron chi connectivity index (χ1n) is 5.15. The SMILES string of the molecule is CC1NNC(c2ccc(Cl)cc2N)C1C. The van der Waals surface area contributed by atoms with Gasteiger partial charge in [0.25, 0.3) is 0 Å². The van der Waals surface area contributed by atoms with E-state index in [4.69, 9.17) is 17.3 Å². The molecule has 0 saturated carbocycles. The summed E-state index contributed by atoms with van der Waals surface area (Å²) in [7, 11) is 0. The van der Waals surface area contributed by atoms with Crippen LogP contribution in [0.4, 0.5) is 5.69 Å². The van der Waals surface area contributed by atoms with E-state index in [0.717, 1.165) is 11.3 Å². The Morgan fingerprint density at radius 2 is 2.00 bits per heavy atom. The number of rotatable bonds is 1. The zero-order valence-corrected chi connectivity index (χ0v) is 9.68. The van der Waals surface area contributed by atoms with E-state index >= 15 is 0 Å². The molecule has 15 heavy (non-hydrogen) atoms. The molecule has 1 fully saturated rings. The lowest BCUT2D eigenvalue weighted by Gasteiger charge is -2.18. The van der Waals surface area contributed by atoms with E-state index in [9.17, 15) is 0 Å². The molecular formula is C11H16ClN3. The summed E-state index contributed by atoms with van der Waals surface area (Å²) in [5.74, 6) is 0.508. The first kappa shape index (κ1) is 10.7. The smallest absolute Gasteiger partial charge is 0.0523 e. The summed E-state index contributed by atoms with van der Waals surface area (Å²) in [6, 6.07) is 6.38. The van der Waals surface area contributed by atoms with Crippen LogP contribution in [0.5, 0.6) is 0 Å². The van der Waals surface area contributed by atoms with Crippen molar-refractivity contribution in [1.29, 1.82) is 0 Å². The van der Waals surface area contributed by atoms with Crippen LogP contribution >= 0.6 is 11.6 Å². The van der Waals surface area contributed by atoms with Crippen LogP contribution in [-0.2, 0) is 0 Å². The van der Waals surface area contributed by atoms with Gasteiger partial charge in [0.05, 0.1) is 6.04 Å². The van der Waals surface area contributed by atoms with Crippen LogP contribution in [-0.4, -0.2) is 6.04 Å². The molecule has 82 valence electrons. The van der Waals surface area contributed by atoms with Gasteiger partial charge in [-0.1, -0.05) is 24.6 Å². The van der Waals surface area contributed by atoms with Crippen molar-refractivity contribution < 1.29 is 0 Å². The van der Waals surface area contributed by atoms with Gasteiger partial charge in [-0.3, -0.25) is 5.43 Å². The molecule has 0 aliphatic carbocycles. The van der Waals surface area contributed by atoms with Gasteiger partial charge in [-0.25, -0.2) is 5.43 Å². The molecule has 2 rings (SSSR count). The molecule has 1 aromatic rings. The van der Waals surface area contributed by atoms with E-state index in [1.165, 1.54) is 0 Å². The standard InChI is InChI=1S/C11H16ClN3/c1-6-7(2)14-15-11(6)9-4-3-8(12)5-10(9)13/h3-7,11,14-15H,13H2,1-2H3. The molecule has 1 aliphatic rings. The monoisotopic (exact) mass is 225 g/mol. The molecular weight excluding hydrogens is 210 g/mol. The second-order valence-electron chi connectivity index (χ2n) is 4.19. The molecule has 1 aliphatic heterocycles. The molecule has 3 nitrogen and oxygen atoms in total. The third-order valence-electron chi connectivity index (χ3n) is 3.16. The minimum absolute atomic E-state index is 0.261. The second kappa shape index (κ2) is 4.00. The van der Waals surface area contributed by atoms with E-state index in [2.05, 4.69) is 24.7 Å². The molecule has 3 unspecified atom stereocenters. The van der Waals surface area contributed by atoms with E-state index in [0.29, 0.717) is 17.0 Å². The van der Waals surface area contributed by atoms with Gasteiger partial charge >= 0.3 is 0 Å². The van der Waals surface area contributed by atoms with Crippen LogP contribution in [0.2, 0.25) is 5.02 Å². The molecule has 4 heteroatoms. The fraction of sp³-hybridized carbons (Fsp3) is 0.455. The van der Waals surface area contributed by atoms with E-state index < -0.39 is 0 Å². The number of nitrogens with two attached hydrogens (primary N) is 1. The lowest BCUT2D eigenvalue weighted by atomic mass is 9.91. The Morgan fingerprint density at radius 3 is 2.53 bits per heavy atom. The maximum absolute atomic E-state index is 5.96. The molecule has 0 aromatic heterocycles. The number of halogens is 1. The van der Waals surface area contributed by atoms with Crippen molar-refractivity contribution in [2.75, 3.05) is 5.73 Å². The summed E-state index contributed by atoms with van der Waals surface area (Å²) >= 11 is 5.87. The normalized spacial score (nSPS) is 30.7. The van der Waals surface area contributed by atoms with Gasteiger partial charge in [0.2, 0.25) is 0 Å². The fourth-order valence-electron chi connectivity index (χ4n) is 1.96. The van der Waals surface area contributed by atoms with Crippen LogP contribution in [0, 0.1) is 5.92 Å². The van der Waals surface area contributed by atoms with Crippen molar-refractivity contribution in [2.45, 2.75) is 25.9 Å². The molecule has 1 saturated heterocycles. The molecule has 4 N–H and O–H groups in total. The second-order valence-corrected chi connectivity index (χ2v) is 4.62. The summed E-state index contributed by atoms with van der Waals surface area (Å²) < 4.78 is 0. The molecule has 1 aromatic carbocycles. The van der Waals surface area contributed by atoms with Gasteiger partial charge in [0.1, 0.15) is 0 Å². The fourth-order valence-corrected chi connectivity index (χ4v) is 2.14. The van der Waals surface area contributed by atoms with E-state index in [1.807, 2.05) is 12.1 Å². The average molecular weight is 226 g/mol. The van der Waals surface area contributed by atoms with E-state index in [1.54, 1.807) is 6.07 Å². The predicted octanol–water partition coefficient (Wildman–Crippen LogP) is 2.10. The van der Waals surface area contributed by atoms with Crippen LogP contribution in [0.15, 0.2) is 18.2 Å². The highest BCUT2D eigenvalue weighted by atomic mass is 35.5. The number of anilines is 1. The van der Waals surface area contributed by atoms with Crippen molar-refractivity contribution in [3.8, 4) is 0 Å². The number of hydrogen-bond acceptors (Lipinski definition) is 3. The first-order chi connectivity index (χ1) is 7.09. The van der Waals surface area contributed by atoms with Crippen molar-refractivity contribution >= 4 is 17.3 Å². The molecule has 3 atom stereocenters. The highest BCUT2D eigenvalue weighted by Crippen LogP contribution is 2.32. The average Bonchev–Trinajstić information content (AvgIpc) is 2.49. The predicted molar refractivity (Wildman–Crippen MR) is 63.5 cm³/mol. The summed E-state index contributed by atoms with van der Waals surface area (Å²) in [6.45, 7) is 4.36. The van der Waals surface area contributed by atoms with Crippen LogP contribution in [0.25, 0.3) is 0 Å². The van der Waals surface area contributed by atoms with Crippen molar-refractivity contribution in [3.05, 3.63) is 28.8 Å². The van der Waals surface area contributed by atoms with Crippen LogP contribution < -0.4 is 16.6 Å². The molecule has 1 heterocycles. The van der Waals surface area contributed by atoms with Gasteiger partial charge in [-0.15, -0.1) is 0 Å². The summed E-state index contributed by atoms with van der Waals surface area (Å²) in [5.41, 5.74) is 14.3.